The number of aromatic nitrogens is 1. The Bertz CT molecular complexity index is 1080. The van der Waals surface area contributed by atoms with Crippen LogP contribution in [0, 0.1) is 5.82 Å². The van der Waals surface area contributed by atoms with Crippen molar-refractivity contribution < 1.29 is 19.0 Å². The van der Waals surface area contributed by atoms with Gasteiger partial charge in [0, 0.05) is 18.4 Å². The van der Waals surface area contributed by atoms with Gasteiger partial charge in [-0.25, -0.2) is 9.18 Å². The van der Waals surface area contributed by atoms with E-state index in [4.69, 9.17) is 4.74 Å². The van der Waals surface area contributed by atoms with E-state index in [0.29, 0.717) is 23.3 Å². The Labute approximate surface area is 174 Å². The molecule has 0 bridgehead atoms. The van der Waals surface area contributed by atoms with E-state index in [2.05, 4.69) is 10.3 Å². The second-order valence-corrected chi connectivity index (χ2v) is 7.36. The van der Waals surface area contributed by atoms with E-state index in [1.54, 1.807) is 25.4 Å². The molecular weight excluding hydrogens is 383 g/mol. The minimum Gasteiger partial charge on any atom is -0.496 e. The van der Waals surface area contributed by atoms with Crippen LogP contribution in [0.1, 0.15) is 39.5 Å². The lowest BCUT2D eigenvalue weighted by molar-refractivity contribution is 0.0695. The standard InChI is InChI=1S/C24H23FN2O3/c1-30-22-4-2-3-20(25)23(22)16-5-7-18-15(13-16)9-12-27-21(18)8-6-17-14-26-11-10-19(17)24(28)29/h2-5,7,10-11,13-14,21,27H,6,8-9,12H2,1H3,(H,28,29)/t21-/m0/s1. The maximum atomic E-state index is 14.5. The summed E-state index contributed by atoms with van der Waals surface area (Å²) in [6.45, 7) is 0.814. The molecule has 3 aromatic rings. The zero-order valence-corrected chi connectivity index (χ0v) is 16.7. The van der Waals surface area contributed by atoms with E-state index in [1.807, 2.05) is 18.2 Å². The molecule has 0 radical (unpaired) electrons. The number of benzene rings is 2. The van der Waals surface area contributed by atoms with Gasteiger partial charge in [-0.2, -0.15) is 0 Å². The molecule has 1 aliphatic rings. The predicted molar refractivity (Wildman–Crippen MR) is 112 cm³/mol. The molecule has 0 spiro atoms. The quantitative estimate of drug-likeness (QED) is 0.634. The van der Waals surface area contributed by atoms with Crippen LogP contribution in [0.5, 0.6) is 5.75 Å². The molecule has 0 aliphatic carbocycles. The maximum absolute atomic E-state index is 14.5. The Kier molecular flexibility index (Phi) is 5.77. The van der Waals surface area contributed by atoms with Gasteiger partial charge in [-0.05, 0) is 66.3 Å². The van der Waals surface area contributed by atoms with Crippen molar-refractivity contribution in [1.82, 2.24) is 10.3 Å². The first-order chi connectivity index (χ1) is 14.6. The van der Waals surface area contributed by atoms with Gasteiger partial charge in [0.05, 0.1) is 18.2 Å². The third kappa shape index (κ3) is 3.91. The highest BCUT2D eigenvalue weighted by Crippen LogP contribution is 2.36. The molecular formula is C24H23FN2O3. The number of halogens is 1. The van der Waals surface area contributed by atoms with Gasteiger partial charge in [0.2, 0.25) is 0 Å². The molecule has 2 N–H and O–H groups in total. The summed E-state index contributed by atoms with van der Waals surface area (Å²) >= 11 is 0. The molecule has 0 saturated carbocycles. The van der Waals surface area contributed by atoms with Crippen LogP contribution in [0.4, 0.5) is 4.39 Å². The fraction of sp³-hybridized carbons (Fsp3) is 0.250. The number of nitrogens with one attached hydrogen (secondary N) is 1. The van der Waals surface area contributed by atoms with Crippen molar-refractivity contribution in [2.75, 3.05) is 13.7 Å². The Morgan fingerprint density at radius 3 is 2.97 bits per heavy atom. The largest absolute Gasteiger partial charge is 0.496 e. The van der Waals surface area contributed by atoms with Crippen molar-refractivity contribution in [1.29, 1.82) is 0 Å². The zero-order chi connectivity index (χ0) is 21.1. The summed E-state index contributed by atoms with van der Waals surface area (Å²) in [5, 5.41) is 12.9. The van der Waals surface area contributed by atoms with Crippen molar-refractivity contribution >= 4 is 5.97 Å². The first-order valence-electron chi connectivity index (χ1n) is 9.93. The molecule has 0 unspecified atom stereocenters. The Morgan fingerprint density at radius 1 is 1.30 bits per heavy atom. The summed E-state index contributed by atoms with van der Waals surface area (Å²) in [6.07, 6.45) is 5.33. The number of aryl methyl sites for hydroxylation is 1. The van der Waals surface area contributed by atoms with Crippen molar-refractivity contribution in [2.24, 2.45) is 0 Å². The molecule has 0 amide bonds. The van der Waals surface area contributed by atoms with Gasteiger partial charge in [-0.3, -0.25) is 4.98 Å². The number of carboxylic acids is 1. The molecule has 2 heterocycles. The highest BCUT2D eigenvalue weighted by Gasteiger charge is 2.22. The average Bonchev–Trinajstić information content (AvgIpc) is 2.77. The number of pyridine rings is 1. The molecule has 0 saturated heterocycles. The van der Waals surface area contributed by atoms with E-state index in [-0.39, 0.29) is 11.9 Å². The second kappa shape index (κ2) is 8.63. The minimum absolute atomic E-state index is 0.104. The van der Waals surface area contributed by atoms with E-state index in [0.717, 1.165) is 30.5 Å². The maximum Gasteiger partial charge on any atom is 0.336 e. The van der Waals surface area contributed by atoms with Gasteiger partial charge in [-0.15, -0.1) is 0 Å². The second-order valence-electron chi connectivity index (χ2n) is 7.36. The number of aromatic carboxylic acids is 1. The molecule has 1 aromatic heterocycles. The summed E-state index contributed by atoms with van der Waals surface area (Å²) in [4.78, 5) is 15.5. The molecule has 2 aromatic carbocycles. The molecule has 1 atom stereocenters. The number of fused-ring (bicyclic) bond motifs is 1. The monoisotopic (exact) mass is 406 g/mol. The van der Waals surface area contributed by atoms with Crippen molar-refractivity contribution in [3.63, 3.8) is 0 Å². The molecule has 154 valence electrons. The summed E-state index contributed by atoms with van der Waals surface area (Å²) < 4.78 is 19.9. The van der Waals surface area contributed by atoms with Crippen molar-refractivity contribution in [3.05, 3.63) is 82.9 Å². The fourth-order valence-corrected chi connectivity index (χ4v) is 4.16. The molecule has 1 aliphatic heterocycles. The van der Waals surface area contributed by atoms with Crippen LogP contribution in [0.3, 0.4) is 0 Å². The van der Waals surface area contributed by atoms with Gasteiger partial charge < -0.3 is 15.2 Å². The summed E-state index contributed by atoms with van der Waals surface area (Å²) in [5.41, 5.74) is 4.63. The van der Waals surface area contributed by atoms with Crippen molar-refractivity contribution in [3.8, 4) is 16.9 Å². The van der Waals surface area contributed by atoms with Crippen LogP contribution >= 0.6 is 0 Å². The van der Waals surface area contributed by atoms with E-state index in [1.165, 1.54) is 29.5 Å². The fourth-order valence-electron chi connectivity index (χ4n) is 4.16. The lowest BCUT2D eigenvalue weighted by atomic mass is 9.88. The lowest BCUT2D eigenvalue weighted by Crippen LogP contribution is -2.30. The van der Waals surface area contributed by atoms with Crippen LogP contribution in [0.15, 0.2) is 54.9 Å². The van der Waals surface area contributed by atoms with Crippen LogP contribution in [-0.4, -0.2) is 29.7 Å². The van der Waals surface area contributed by atoms with Gasteiger partial charge in [0.25, 0.3) is 0 Å². The predicted octanol–water partition coefficient (Wildman–Crippen LogP) is 4.41. The smallest absolute Gasteiger partial charge is 0.336 e. The number of rotatable bonds is 6. The number of hydrogen-bond acceptors (Lipinski definition) is 4. The first-order valence-corrected chi connectivity index (χ1v) is 9.93. The average molecular weight is 406 g/mol. The van der Waals surface area contributed by atoms with Crippen LogP contribution in [0.25, 0.3) is 11.1 Å². The van der Waals surface area contributed by atoms with Crippen molar-refractivity contribution in [2.45, 2.75) is 25.3 Å². The Hall–Kier alpha value is -3.25. The van der Waals surface area contributed by atoms with E-state index >= 15 is 0 Å². The lowest BCUT2D eigenvalue weighted by Gasteiger charge is -2.28. The number of carboxylic acid groups (broad SMARTS) is 1. The zero-order valence-electron chi connectivity index (χ0n) is 16.7. The molecule has 6 heteroatoms. The molecule has 5 nitrogen and oxygen atoms in total. The van der Waals surface area contributed by atoms with Crippen LogP contribution in [-0.2, 0) is 12.8 Å². The highest BCUT2D eigenvalue weighted by molar-refractivity contribution is 5.89. The normalized spacial score (nSPS) is 15.5. The third-order valence-corrected chi connectivity index (χ3v) is 5.62. The van der Waals surface area contributed by atoms with Gasteiger partial charge in [0.15, 0.2) is 0 Å². The van der Waals surface area contributed by atoms with Gasteiger partial charge >= 0.3 is 5.97 Å². The van der Waals surface area contributed by atoms with Gasteiger partial charge in [0.1, 0.15) is 11.6 Å². The third-order valence-electron chi connectivity index (χ3n) is 5.62. The summed E-state index contributed by atoms with van der Waals surface area (Å²) in [5.74, 6) is -0.733. The number of hydrogen-bond donors (Lipinski definition) is 2. The molecule has 4 rings (SSSR count). The Balaban J connectivity index is 1.60. The summed E-state index contributed by atoms with van der Waals surface area (Å²) in [7, 11) is 1.54. The Morgan fingerprint density at radius 2 is 2.17 bits per heavy atom. The SMILES string of the molecule is COc1cccc(F)c1-c1ccc2c(c1)CCN[C@H]2CCc1cnccc1C(=O)O. The summed E-state index contributed by atoms with van der Waals surface area (Å²) in [6, 6.07) is 12.5. The van der Waals surface area contributed by atoms with Crippen LogP contribution < -0.4 is 10.1 Å². The number of ether oxygens (including phenoxy) is 1. The molecule has 0 fully saturated rings. The van der Waals surface area contributed by atoms with Crippen LogP contribution in [0.2, 0.25) is 0 Å². The van der Waals surface area contributed by atoms with Gasteiger partial charge in [-0.1, -0.05) is 24.3 Å². The topological polar surface area (TPSA) is 71.5 Å². The number of methoxy groups -OCH3 is 1. The van der Waals surface area contributed by atoms with E-state index in [9.17, 15) is 14.3 Å². The van der Waals surface area contributed by atoms with E-state index < -0.39 is 5.97 Å². The first kappa shape index (κ1) is 20.0. The number of carbonyl (C=O) groups is 1. The minimum atomic E-state index is -0.937. The highest BCUT2D eigenvalue weighted by atomic mass is 19.1. The molecule has 30 heavy (non-hydrogen) atoms. The number of nitrogens with zero attached hydrogens (tertiary/aromatic N) is 1.